The van der Waals surface area contributed by atoms with E-state index in [1.807, 2.05) is 48.5 Å². The number of rotatable bonds is 5. The fourth-order valence-electron chi connectivity index (χ4n) is 3.68. The minimum absolute atomic E-state index is 0.0126. The van der Waals surface area contributed by atoms with Gasteiger partial charge in [0.15, 0.2) is 10.8 Å². The molecule has 0 bridgehead atoms. The summed E-state index contributed by atoms with van der Waals surface area (Å²) in [6, 6.07) is 15.2. The van der Waals surface area contributed by atoms with E-state index in [2.05, 4.69) is 15.1 Å². The van der Waals surface area contributed by atoms with Crippen LogP contribution in [0.1, 0.15) is 5.56 Å². The molecule has 0 spiro atoms. The number of benzene rings is 2. The molecule has 8 nitrogen and oxygen atoms in total. The summed E-state index contributed by atoms with van der Waals surface area (Å²) in [4.78, 5) is 34.4. The molecule has 0 fully saturated rings. The third-order valence-electron chi connectivity index (χ3n) is 5.25. The van der Waals surface area contributed by atoms with Gasteiger partial charge in [-0.1, -0.05) is 30.0 Å². The lowest BCUT2D eigenvalue weighted by atomic mass is 10.2. The molecule has 0 saturated carbocycles. The Morgan fingerprint density at radius 2 is 2.00 bits per heavy atom. The van der Waals surface area contributed by atoms with Crippen molar-refractivity contribution < 1.29 is 9.53 Å². The molecule has 31 heavy (non-hydrogen) atoms. The highest BCUT2D eigenvalue weighted by Gasteiger charge is 2.24. The van der Waals surface area contributed by atoms with Crippen molar-refractivity contribution in [2.24, 2.45) is 0 Å². The van der Waals surface area contributed by atoms with E-state index in [1.54, 1.807) is 16.7 Å². The monoisotopic (exact) mass is 433 g/mol. The van der Waals surface area contributed by atoms with E-state index in [4.69, 9.17) is 4.74 Å². The van der Waals surface area contributed by atoms with E-state index < -0.39 is 0 Å². The third kappa shape index (κ3) is 3.57. The molecule has 9 heteroatoms. The Morgan fingerprint density at radius 3 is 2.81 bits per heavy atom. The number of carbonyl (C=O) groups is 1. The summed E-state index contributed by atoms with van der Waals surface area (Å²) in [7, 11) is 1.60. The van der Waals surface area contributed by atoms with E-state index in [0.29, 0.717) is 22.7 Å². The van der Waals surface area contributed by atoms with Crippen LogP contribution in [0.4, 0.5) is 5.69 Å². The van der Waals surface area contributed by atoms with Crippen molar-refractivity contribution in [1.82, 2.24) is 19.7 Å². The van der Waals surface area contributed by atoms with Crippen molar-refractivity contribution in [3.05, 3.63) is 70.6 Å². The molecule has 4 aromatic rings. The zero-order valence-corrected chi connectivity index (χ0v) is 17.6. The summed E-state index contributed by atoms with van der Waals surface area (Å²) in [5.74, 6) is 0.894. The molecular weight excluding hydrogens is 414 g/mol. The Balaban J connectivity index is 1.39. The highest BCUT2D eigenvalue weighted by atomic mass is 32.2. The van der Waals surface area contributed by atoms with E-state index in [0.717, 1.165) is 23.5 Å². The quantitative estimate of drug-likeness (QED) is 0.384. The number of anilines is 1. The van der Waals surface area contributed by atoms with E-state index in [9.17, 15) is 9.59 Å². The van der Waals surface area contributed by atoms with Gasteiger partial charge in [-0.05, 0) is 42.3 Å². The first kappa shape index (κ1) is 19.4. The van der Waals surface area contributed by atoms with Gasteiger partial charge in [0.2, 0.25) is 5.91 Å². The van der Waals surface area contributed by atoms with Crippen molar-refractivity contribution in [3.8, 4) is 11.4 Å². The highest BCUT2D eigenvalue weighted by Crippen LogP contribution is 2.28. The van der Waals surface area contributed by atoms with E-state index in [-0.39, 0.29) is 17.2 Å². The first-order valence-corrected chi connectivity index (χ1v) is 10.8. The predicted molar refractivity (Wildman–Crippen MR) is 119 cm³/mol. The first-order valence-electron chi connectivity index (χ1n) is 9.77. The van der Waals surface area contributed by atoms with Crippen LogP contribution in [-0.2, 0) is 11.2 Å². The Bertz CT molecular complexity index is 1330. The van der Waals surface area contributed by atoms with Crippen molar-refractivity contribution in [3.63, 3.8) is 0 Å². The number of amides is 1. The molecule has 0 unspecified atom stereocenters. The van der Waals surface area contributed by atoms with Crippen LogP contribution in [-0.4, -0.2) is 45.1 Å². The largest absolute Gasteiger partial charge is 0.497 e. The van der Waals surface area contributed by atoms with Gasteiger partial charge in [0.25, 0.3) is 5.56 Å². The van der Waals surface area contributed by atoms with Crippen LogP contribution >= 0.6 is 11.8 Å². The molecule has 1 aliphatic rings. The van der Waals surface area contributed by atoms with Crippen LogP contribution in [0.15, 0.2) is 64.7 Å². The van der Waals surface area contributed by atoms with Gasteiger partial charge in [0.05, 0.1) is 24.7 Å². The number of carbonyl (C=O) groups excluding carboxylic acids is 1. The van der Waals surface area contributed by atoms with Gasteiger partial charge < -0.3 is 14.6 Å². The van der Waals surface area contributed by atoms with E-state index >= 15 is 0 Å². The molecule has 2 aromatic carbocycles. The number of aromatic amines is 1. The first-order chi connectivity index (χ1) is 15.1. The summed E-state index contributed by atoms with van der Waals surface area (Å²) < 4.78 is 6.79. The molecule has 0 radical (unpaired) electrons. The van der Waals surface area contributed by atoms with Gasteiger partial charge in [-0.25, -0.2) is 9.67 Å². The van der Waals surface area contributed by atoms with Crippen molar-refractivity contribution in [2.75, 3.05) is 24.3 Å². The number of hydrogen-bond donors (Lipinski definition) is 1. The van der Waals surface area contributed by atoms with Gasteiger partial charge in [0, 0.05) is 12.2 Å². The number of fused-ring (bicyclic) bond motifs is 2. The summed E-state index contributed by atoms with van der Waals surface area (Å²) in [6.45, 7) is 0.673. The molecule has 0 saturated heterocycles. The topological polar surface area (TPSA) is 93.1 Å². The fraction of sp³-hybridized carbons (Fsp3) is 0.182. The Kier molecular flexibility index (Phi) is 4.95. The number of aromatic nitrogens is 4. The van der Waals surface area contributed by atoms with Gasteiger partial charge in [-0.15, -0.1) is 0 Å². The molecule has 1 aliphatic heterocycles. The second kappa shape index (κ2) is 7.92. The molecule has 1 amide bonds. The maximum absolute atomic E-state index is 12.8. The Labute approximate surface area is 181 Å². The molecule has 2 aromatic heterocycles. The van der Waals surface area contributed by atoms with Crippen LogP contribution in [0.2, 0.25) is 0 Å². The van der Waals surface area contributed by atoms with Crippen LogP contribution in [0.25, 0.3) is 16.7 Å². The standard InChI is InChI=1S/C22H19N5O3S/c1-30-16-8-6-15(7-9-16)27-20-17(12-23-27)21(29)25-22(24-20)31-13-19(28)26-11-10-14-4-2-3-5-18(14)26/h2-9,12H,10-11,13H2,1H3,(H,24,25,29). The summed E-state index contributed by atoms with van der Waals surface area (Å²) in [6.07, 6.45) is 2.35. The smallest absolute Gasteiger partial charge is 0.262 e. The highest BCUT2D eigenvalue weighted by molar-refractivity contribution is 7.99. The predicted octanol–water partition coefficient (Wildman–Crippen LogP) is 2.80. The average Bonchev–Trinajstić information content (AvgIpc) is 3.42. The molecule has 0 atom stereocenters. The van der Waals surface area contributed by atoms with Crippen molar-refractivity contribution in [1.29, 1.82) is 0 Å². The van der Waals surface area contributed by atoms with Crippen LogP contribution < -0.4 is 15.2 Å². The zero-order valence-electron chi connectivity index (χ0n) is 16.7. The third-order valence-corrected chi connectivity index (χ3v) is 6.11. The SMILES string of the molecule is COc1ccc(-n2ncc3c(=O)[nH]c(SCC(=O)N4CCc5ccccc54)nc32)cc1. The maximum Gasteiger partial charge on any atom is 0.262 e. The van der Waals surface area contributed by atoms with Gasteiger partial charge >= 0.3 is 0 Å². The van der Waals surface area contributed by atoms with Crippen LogP contribution in [0, 0.1) is 0 Å². The Morgan fingerprint density at radius 1 is 1.19 bits per heavy atom. The number of H-pyrrole nitrogens is 1. The number of para-hydroxylation sites is 1. The molecule has 0 aliphatic carbocycles. The normalized spacial score (nSPS) is 12.9. The maximum atomic E-state index is 12.8. The number of nitrogens with one attached hydrogen (secondary N) is 1. The lowest BCUT2D eigenvalue weighted by Gasteiger charge is -2.16. The number of hydrogen-bond acceptors (Lipinski definition) is 6. The summed E-state index contributed by atoms with van der Waals surface area (Å²) in [5.41, 5.74) is 3.05. The molecular formula is C22H19N5O3S. The number of nitrogens with zero attached hydrogens (tertiary/aromatic N) is 4. The van der Waals surface area contributed by atoms with Crippen LogP contribution in [0.5, 0.6) is 5.75 Å². The van der Waals surface area contributed by atoms with Crippen molar-refractivity contribution in [2.45, 2.75) is 11.6 Å². The fourth-order valence-corrected chi connectivity index (χ4v) is 4.42. The molecule has 5 rings (SSSR count). The van der Waals surface area contributed by atoms with Crippen LogP contribution in [0.3, 0.4) is 0 Å². The van der Waals surface area contributed by atoms with Crippen molar-refractivity contribution >= 4 is 34.4 Å². The lowest BCUT2D eigenvalue weighted by Crippen LogP contribution is -2.30. The minimum atomic E-state index is -0.286. The molecule has 1 N–H and O–H groups in total. The summed E-state index contributed by atoms with van der Waals surface area (Å²) in [5, 5.41) is 5.09. The number of ether oxygens (including phenoxy) is 1. The second-order valence-electron chi connectivity index (χ2n) is 7.08. The number of thioether (sulfide) groups is 1. The van der Waals surface area contributed by atoms with Gasteiger partial charge in [0.1, 0.15) is 11.1 Å². The minimum Gasteiger partial charge on any atom is -0.497 e. The molecule has 156 valence electrons. The Hall–Kier alpha value is -3.59. The van der Waals surface area contributed by atoms with E-state index in [1.165, 1.54) is 23.5 Å². The second-order valence-corrected chi connectivity index (χ2v) is 8.04. The lowest BCUT2D eigenvalue weighted by molar-refractivity contribution is -0.116. The average molecular weight is 433 g/mol. The summed E-state index contributed by atoms with van der Waals surface area (Å²) >= 11 is 1.21. The van der Waals surface area contributed by atoms with Gasteiger partial charge in [-0.3, -0.25) is 9.59 Å². The zero-order chi connectivity index (χ0) is 21.4. The number of methoxy groups -OCH3 is 1. The van der Waals surface area contributed by atoms with Gasteiger partial charge in [-0.2, -0.15) is 5.10 Å². The molecule has 3 heterocycles.